The first-order chi connectivity index (χ1) is 9.19. The van der Waals surface area contributed by atoms with Crippen LogP contribution in [0.1, 0.15) is 19.4 Å². The Morgan fingerprint density at radius 3 is 2.40 bits per heavy atom. The predicted molar refractivity (Wildman–Crippen MR) is 76.6 cm³/mol. The van der Waals surface area contributed by atoms with E-state index in [0.29, 0.717) is 11.3 Å². The molecular formula is C13H20N2O4S. The van der Waals surface area contributed by atoms with Gasteiger partial charge in [0.2, 0.25) is 10.0 Å². The molecular weight excluding hydrogens is 280 g/mol. The number of hydrogen-bond donors (Lipinski definition) is 2. The van der Waals surface area contributed by atoms with Crippen molar-refractivity contribution in [3.63, 3.8) is 0 Å². The summed E-state index contributed by atoms with van der Waals surface area (Å²) in [7, 11) is -2.58. The Kier molecular flexibility index (Phi) is 5.13. The topological polar surface area (TPSA) is 98.5 Å². The lowest BCUT2D eigenvalue weighted by Crippen LogP contribution is -2.44. The molecule has 0 heterocycles. The zero-order chi connectivity index (χ0) is 15.5. The number of nitrogen functional groups attached to an aromatic ring is 1. The highest BCUT2D eigenvalue weighted by Gasteiger charge is 2.29. The molecule has 0 aliphatic rings. The van der Waals surface area contributed by atoms with Crippen molar-refractivity contribution in [3.8, 4) is 0 Å². The third-order valence-electron chi connectivity index (χ3n) is 2.96. The summed E-state index contributed by atoms with van der Waals surface area (Å²) in [6, 6.07) is 3.46. The summed E-state index contributed by atoms with van der Waals surface area (Å²) in [5, 5.41) is 0. The monoisotopic (exact) mass is 300 g/mol. The number of sulfonamides is 1. The standard InChI is InChI=1S/C13H20N2O4S/c1-8(2)12(13(16)19-4)15-20(17,18)10-5-6-11(14)9(3)7-10/h5-8,12,15H,14H2,1-4H3. The molecule has 0 aromatic heterocycles. The third-order valence-corrected chi connectivity index (χ3v) is 4.39. The van der Waals surface area contributed by atoms with Gasteiger partial charge in [-0.25, -0.2) is 8.42 Å². The summed E-state index contributed by atoms with van der Waals surface area (Å²) in [4.78, 5) is 11.7. The number of carbonyl (C=O) groups is 1. The lowest BCUT2D eigenvalue weighted by atomic mass is 10.1. The first kappa shape index (κ1) is 16.5. The Bertz CT molecular complexity index is 596. The second-order valence-corrected chi connectivity index (χ2v) is 6.60. The van der Waals surface area contributed by atoms with Gasteiger partial charge >= 0.3 is 5.97 Å². The van der Waals surface area contributed by atoms with E-state index in [-0.39, 0.29) is 10.8 Å². The highest BCUT2D eigenvalue weighted by Crippen LogP contribution is 2.18. The number of anilines is 1. The van der Waals surface area contributed by atoms with Crippen molar-refractivity contribution in [1.29, 1.82) is 0 Å². The average molecular weight is 300 g/mol. The molecule has 0 bridgehead atoms. The zero-order valence-corrected chi connectivity index (χ0v) is 12.8. The summed E-state index contributed by atoms with van der Waals surface area (Å²) in [6.45, 7) is 5.19. The van der Waals surface area contributed by atoms with Gasteiger partial charge in [-0.1, -0.05) is 13.8 Å². The molecule has 6 nitrogen and oxygen atoms in total. The van der Waals surface area contributed by atoms with E-state index < -0.39 is 22.0 Å². The highest BCUT2D eigenvalue weighted by molar-refractivity contribution is 7.89. The van der Waals surface area contributed by atoms with Gasteiger partial charge < -0.3 is 10.5 Å². The summed E-state index contributed by atoms with van der Waals surface area (Å²) < 4.78 is 31.5. The maximum atomic E-state index is 12.3. The lowest BCUT2D eigenvalue weighted by Gasteiger charge is -2.20. The Balaban J connectivity index is 3.09. The van der Waals surface area contributed by atoms with Gasteiger partial charge in [-0.3, -0.25) is 4.79 Å². The second kappa shape index (κ2) is 6.23. The number of methoxy groups -OCH3 is 1. The van der Waals surface area contributed by atoms with E-state index in [1.54, 1.807) is 20.8 Å². The van der Waals surface area contributed by atoms with Gasteiger partial charge in [0, 0.05) is 5.69 Å². The molecule has 0 aliphatic carbocycles. The summed E-state index contributed by atoms with van der Waals surface area (Å²) in [6.07, 6.45) is 0. The smallest absolute Gasteiger partial charge is 0.324 e. The molecule has 1 unspecified atom stereocenters. The summed E-state index contributed by atoms with van der Waals surface area (Å²) in [5.74, 6) is -0.845. The van der Waals surface area contributed by atoms with Gasteiger partial charge in [-0.15, -0.1) is 0 Å². The molecule has 1 aromatic rings. The van der Waals surface area contributed by atoms with Crippen LogP contribution in [-0.4, -0.2) is 27.5 Å². The van der Waals surface area contributed by atoms with Gasteiger partial charge in [0.15, 0.2) is 0 Å². The van der Waals surface area contributed by atoms with Crippen LogP contribution in [0.25, 0.3) is 0 Å². The number of benzene rings is 1. The van der Waals surface area contributed by atoms with Crippen molar-refractivity contribution in [3.05, 3.63) is 23.8 Å². The van der Waals surface area contributed by atoms with Crippen LogP contribution in [0.3, 0.4) is 0 Å². The van der Waals surface area contributed by atoms with Crippen LogP contribution < -0.4 is 10.5 Å². The van der Waals surface area contributed by atoms with E-state index >= 15 is 0 Å². The Labute approximate surface area is 119 Å². The molecule has 1 atom stereocenters. The van der Waals surface area contributed by atoms with Gasteiger partial charge in [-0.2, -0.15) is 4.72 Å². The van der Waals surface area contributed by atoms with Crippen molar-refractivity contribution < 1.29 is 17.9 Å². The minimum absolute atomic E-state index is 0.0683. The van der Waals surface area contributed by atoms with E-state index in [0.717, 1.165) is 0 Å². The van der Waals surface area contributed by atoms with Crippen molar-refractivity contribution >= 4 is 21.7 Å². The second-order valence-electron chi connectivity index (χ2n) is 4.88. The minimum Gasteiger partial charge on any atom is -0.468 e. The van der Waals surface area contributed by atoms with Gasteiger partial charge in [0.25, 0.3) is 0 Å². The van der Waals surface area contributed by atoms with Crippen LogP contribution in [0.5, 0.6) is 0 Å². The SMILES string of the molecule is COC(=O)C(NS(=O)(=O)c1ccc(N)c(C)c1)C(C)C. The van der Waals surface area contributed by atoms with E-state index in [1.165, 1.54) is 25.3 Å². The van der Waals surface area contributed by atoms with E-state index in [9.17, 15) is 13.2 Å². The molecule has 7 heteroatoms. The molecule has 0 saturated carbocycles. The summed E-state index contributed by atoms with van der Waals surface area (Å²) in [5.41, 5.74) is 6.83. The Morgan fingerprint density at radius 1 is 1.35 bits per heavy atom. The number of nitrogens with one attached hydrogen (secondary N) is 1. The van der Waals surface area contributed by atoms with Crippen molar-refractivity contribution in [2.75, 3.05) is 12.8 Å². The van der Waals surface area contributed by atoms with Crippen LogP contribution in [0.2, 0.25) is 0 Å². The first-order valence-electron chi connectivity index (χ1n) is 6.15. The van der Waals surface area contributed by atoms with E-state index in [4.69, 9.17) is 5.73 Å². The van der Waals surface area contributed by atoms with Crippen LogP contribution in [0.4, 0.5) is 5.69 Å². The molecule has 0 radical (unpaired) electrons. The molecule has 0 spiro atoms. The van der Waals surface area contributed by atoms with Crippen molar-refractivity contribution in [1.82, 2.24) is 4.72 Å². The third kappa shape index (κ3) is 3.71. The van der Waals surface area contributed by atoms with E-state index in [2.05, 4.69) is 9.46 Å². The number of carbonyl (C=O) groups excluding carboxylic acids is 1. The maximum Gasteiger partial charge on any atom is 0.324 e. The molecule has 0 aliphatic heterocycles. The van der Waals surface area contributed by atoms with Gasteiger partial charge in [0.1, 0.15) is 6.04 Å². The fourth-order valence-corrected chi connectivity index (χ4v) is 3.05. The summed E-state index contributed by atoms with van der Waals surface area (Å²) >= 11 is 0. The Hall–Kier alpha value is -1.60. The highest BCUT2D eigenvalue weighted by atomic mass is 32.2. The number of ether oxygens (including phenoxy) is 1. The maximum absolute atomic E-state index is 12.3. The normalized spacial score (nSPS) is 13.2. The fraction of sp³-hybridized carbons (Fsp3) is 0.462. The predicted octanol–water partition coefficient (Wildman–Crippen LogP) is 1.05. The van der Waals surface area contributed by atoms with Crippen molar-refractivity contribution in [2.45, 2.75) is 31.7 Å². The molecule has 0 saturated heterocycles. The largest absolute Gasteiger partial charge is 0.468 e. The number of hydrogen-bond acceptors (Lipinski definition) is 5. The van der Waals surface area contributed by atoms with Crippen LogP contribution >= 0.6 is 0 Å². The number of esters is 1. The zero-order valence-electron chi connectivity index (χ0n) is 12.0. The number of aryl methyl sites for hydroxylation is 1. The van der Waals surface area contributed by atoms with Gasteiger partial charge in [-0.05, 0) is 36.6 Å². The molecule has 1 rings (SSSR count). The first-order valence-corrected chi connectivity index (χ1v) is 7.63. The van der Waals surface area contributed by atoms with E-state index in [1.807, 2.05) is 0 Å². The van der Waals surface area contributed by atoms with Crippen LogP contribution in [-0.2, 0) is 19.6 Å². The molecule has 0 fully saturated rings. The fourth-order valence-electron chi connectivity index (χ4n) is 1.63. The van der Waals surface area contributed by atoms with Crippen LogP contribution in [0.15, 0.2) is 23.1 Å². The molecule has 0 amide bonds. The average Bonchev–Trinajstić information content (AvgIpc) is 2.38. The molecule has 112 valence electrons. The number of nitrogens with two attached hydrogens (primary N) is 1. The molecule has 20 heavy (non-hydrogen) atoms. The van der Waals surface area contributed by atoms with Crippen LogP contribution in [0, 0.1) is 12.8 Å². The molecule has 3 N–H and O–H groups in total. The number of rotatable bonds is 5. The lowest BCUT2D eigenvalue weighted by molar-refractivity contribution is -0.143. The minimum atomic E-state index is -3.81. The molecule has 1 aromatic carbocycles. The quantitative estimate of drug-likeness (QED) is 0.625. The Morgan fingerprint density at radius 2 is 1.95 bits per heavy atom. The van der Waals surface area contributed by atoms with Crippen molar-refractivity contribution in [2.24, 2.45) is 5.92 Å². The van der Waals surface area contributed by atoms with Gasteiger partial charge in [0.05, 0.1) is 12.0 Å².